The number of nitrogens with zero attached hydrogens (tertiary/aromatic N) is 2. The number of carbonyl (C=O) groups excluding carboxylic acids is 3. The van der Waals surface area contributed by atoms with Crippen molar-refractivity contribution in [2.24, 2.45) is 0 Å². The molecule has 0 spiro atoms. The fraction of sp³-hybridized carbons (Fsp3) is 0.208. The van der Waals surface area contributed by atoms with Crippen molar-refractivity contribution < 1.29 is 36.3 Å². The summed E-state index contributed by atoms with van der Waals surface area (Å²) in [7, 11) is -4.42. The van der Waals surface area contributed by atoms with Crippen molar-refractivity contribution in [3.8, 4) is 0 Å². The Kier molecular flexibility index (Phi) is 8.24. The van der Waals surface area contributed by atoms with Crippen molar-refractivity contribution >= 4 is 56.7 Å². The number of sulfonamides is 1. The van der Waals surface area contributed by atoms with E-state index in [1.165, 1.54) is 29.4 Å². The molecule has 200 valence electrons. The average Bonchev–Trinajstić information content (AvgIpc) is 3.43. The third kappa shape index (κ3) is 6.09. The third-order valence-electron chi connectivity index (χ3n) is 5.63. The van der Waals surface area contributed by atoms with Gasteiger partial charge in [-0.15, -0.1) is 0 Å². The number of anilines is 1. The van der Waals surface area contributed by atoms with Gasteiger partial charge in [-0.25, -0.2) is 17.6 Å². The molecule has 10 nitrogen and oxygen atoms in total. The van der Waals surface area contributed by atoms with Gasteiger partial charge < -0.3 is 19.0 Å². The standard InChI is InChI=1S/C24H20Cl2FN3O7S/c25-16-13-17(26)21(38(34,35)28-19-5-2-1-4-18(19)27)12-15(16)24(33)37-14-22(31)29-7-9-30(10-8-29)23(32)20-6-3-11-36-20/h1-6,11-13,28H,7-10,14H2. The highest BCUT2D eigenvalue weighted by molar-refractivity contribution is 7.92. The quantitative estimate of drug-likeness (QED) is 0.420. The molecule has 3 aromatic rings. The van der Waals surface area contributed by atoms with Gasteiger partial charge in [0.15, 0.2) is 12.4 Å². The molecule has 2 heterocycles. The number of halogens is 3. The summed E-state index contributed by atoms with van der Waals surface area (Å²) in [6, 6.07) is 10.2. The monoisotopic (exact) mass is 583 g/mol. The molecule has 1 N–H and O–H groups in total. The van der Waals surface area contributed by atoms with Gasteiger partial charge in [-0.05, 0) is 36.4 Å². The van der Waals surface area contributed by atoms with Crippen molar-refractivity contribution in [1.29, 1.82) is 0 Å². The molecule has 0 saturated carbocycles. The predicted octanol–water partition coefficient (Wildman–Crippen LogP) is 3.67. The number of para-hydroxylation sites is 1. The number of rotatable bonds is 7. The number of benzene rings is 2. The summed E-state index contributed by atoms with van der Waals surface area (Å²) < 4.78 is 51.9. The van der Waals surface area contributed by atoms with Crippen LogP contribution in [0.3, 0.4) is 0 Å². The van der Waals surface area contributed by atoms with Gasteiger partial charge in [-0.1, -0.05) is 35.3 Å². The van der Waals surface area contributed by atoms with Crippen LogP contribution in [0, 0.1) is 5.82 Å². The second kappa shape index (κ2) is 11.4. The lowest BCUT2D eigenvalue weighted by Gasteiger charge is -2.34. The van der Waals surface area contributed by atoms with E-state index in [9.17, 15) is 27.2 Å². The zero-order chi connectivity index (χ0) is 27.4. The molecule has 1 aliphatic heterocycles. The average molecular weight is 584 g/mol. The number of amides is 2. The maximum absolute atomic E-state index is 13.9. The summed E-state index contributed by atoms with van der Waals surface area (Å²) >= 11 is 12.1. The van der Waals surface area contributed by atoms with E-state index in [2.05, 4.69) is 4.72 Å². The van der Waals surface area contributed by atoms with Crippen LogP contribution >= 0.6 is 23.2 Å². The molecule has 2 aromatic carbocycles. The lowest BCUT2D eigenvalue weighted by Crippen LogP contribution is -2.51. The molecule has 0 radical (unpaired) electrons. The Morgan fingerprint density at radius 3 is 2.32 bits per heavy atom. The van der Waals surface area contributed by atoms with Gasteiger partial charge in [0.1, 0.15) is 10.7 Å². The highest BCUT2D eigenvalue weighted by Gasteiger charge is 2.28. The van der Waals surface area contributed by atoms with Crippen molar-refractivity contribution in [3.05, 3.63) is 82.0 Å². The minimum atomic E-state index is -4.42. The van der Waals surface area contributed by atoms with Crippen LogP contribution in [0.1, 0.15) is 20.9 Å². The van der Waals surface area contributed by atoms with Crippen molar-refractivity contribution in [2.75, 3.05) is 37.5 Å². The van der Waals surface area contributed by atoms with Crippen molar-refractivity contribution in [3.63, 3.8) is 0 Å². The topological polar surface area (TPSA) is 126 Å². The number of furan rings is 1. The van der Waals surface area contributed by atoms with Crippen LogP contribution < -0.4 is 4.72 Å². The van der Waals surface area contributed by atoms with Crippen LogP contribution in [-0.4, -0.2) is 68.8 Å². The molecular formula is C24H20Cl2FN3O7S. The molecule has 0 unspecified atom stereocenters. The van der Waals surface area contributed by atoms with Crippen LogP contribution in [-0.2, 0) is 19.6 Å². The first-order valence-electron chi connectivity index (χ1n) is 11.1. The molecule has 1 aliphatic rings. The van der Waals surface area contributed by atoms with E-state index < -0.39 is 39.2 Å². The van der Waals surface area contributed by atoms with E-state index in [1.807, 2.05) is 0 Å². The van der Waals surface area contributed by atoms with E-state index in [-0.39, 0.29) is 59.1 Å². The molecule has 38 heavy (non-hydrogen) atoms. The first-order chi connectivity index (χ1) is 18.1. The van der Waals surface area contributed by atoms with Crippen LogP contribution in [0.15, 0.2) is 64.1 Å². The molecule has 14 heteroatoms. The summed E-state index contributed by atoms with van der Waals surface area (Å²) in [4.78, 5) is 40.0. The van der Waals surface area contributed by atoms with Gasteiger partial charge >= 0.3 is 5.97 Å². The normalized spacial score (nSPS) is 13.8. The summed E-state index contributed by atoms with van der Waals surface area (Å²) in [5, 5.41) is -0.518. The van der Waals surface area contributed by atoms with Crippen LogP contribution in [0.5, 0.6) is 0 Å². The minimum Gasteiger partial charge on any atom is -0.459 e. The Hall–Kier alpha value is -3.61. The maximum atomic E-state index is 13.9. The van der Waals surface area contributed by atoms with Crippen LogP contribution in [0.2, 0.25) is 10.0 Å². The van der Waals surface area contributed by atoms with Crippen LogP contribution in [0.25, 0.3) is 0 Å². The van der Waals surface area contributed by atoms with Gasteiger partial charge in [0, 0.05) is 26.2 Å². The molecule has 0 atom stereocenters. The van der Waals surface area contributed by atoms with E-state index in [0.717, 1.165) is 18.2 Å². The fourth-order valence-corrected chi connectivity index (χ4v) is 5.57. The summed E-state index contributed by atoms with van der Waals surface area (Å²) in [5.74, 6) is -2.48. The molecule has 1 fully saturated rings. The van der Waals surface area contributed by atoms with E-state index in [4.69, 9.17) is 32.4 Å². The lowest BCUT2D eigenvalue weighted by atomic mass is 10.2. The first-order valence-corrected chi connectivity index (χ1v) is 13.3. The Morgan fingerprint density at radius 1 is 0.974 bits per heavy atom. The Balaban J connectivity index is 1.39. The Bertz CT molecular complexity index is 1470. The second-order valence-corrected chi connectivity index (χ2v) is 10.5. The summed E-state index contributed by atoms with van der Waals surface area (Å²) in [5.41, 5.74) is -0.675. The zero-order valence-electron chi connectivity index (χ0n) is 19.5. The smallest absolute Gasteiger partial charge is 0.340 e. The zero-order valence-corrected chi connectivity index (χ0v) is 21.9. The van der Waals surface area contributed by atoms with Gasteiger partial charge in [0.25, 0.3) is 21.8 Å². The number of piperazine rings is 1. The summed E-state index contributed by atoms with van der Waals surface area (Å²) in [6.45, 7) is 0.319. The Labute approximate surface area is 226 Å². The molecule has 2 amide bonds. The third-order valence-corrected chi connectivity index (χ3v) is 7.77. The number of carbonyl (C=O) groups is 3. The van der Waals surface area contributed by atoms with Gasteiger partial charge in [0.05, 0.1) is 27.6 Å². The SMILES string of the molecule is O=C(OCC(=O)N1CCN(C(=O)c2ccco2)CC1)c1cc(S(=O)(=O)Nc2ccccc2F)c(Cl)cc1Cl. The largest absolute Gasteiger partial charge is 0.459 e. The Morgan fingerprint density at radius 2 is 1.66 bits per heavy atom. The minimum absolute atomic E-state index is 0.198. The van der Waals surface area contributed by atoms with E-state index >= 15 is 0 Å². The number of esters is 1. The summed E-state index contributed by atoms with van der Waals surface area (Å²) in [6.07, 6.45) is 1.40. The molecule has 0 aliphatic carbocycles. The van der Waals surface area contributed by atoms with Gasteiger partial charge in [-0.2, -0.15) is 0 Å². The van der Waals surface area contributed by atoms with E-state index in [0.29, 0.717) is 0 Å². The van der Waals surface area contributed by atoms with Gasteiger partial charge in [0.2, 0.25) is 0 Å². The highest BCUT2D eigenvalue weighted by atomic mass is 35.5. The number of nitrogens with one attached hydrogen (secondary N) is 1. The number of hydrogen-bond acceptors (Lipinski definition) is 7. The number of ether oxygens (including phenoxy) is 1. The predicted molar refractivity (Wildman–Crippen MR) is 135 cm³/mol. The highest BCUT2D eigenvalue weighted by Crippen LogP contribution is 2.31. The molecule has 4 rings (SSSR count). The lowest BCUT2D eigenvalue weighted by molar-refractivity contribution is -0.136. The maximum Gasteiger partial charge on any atom is 0.340 e. The van der Waals surface area contributed by atoms with Crippen molar-refractivity contribution in [1.82, 2.24) is 9.80 Å². The molecule has 1 saturated heterocycles. The number of hydrogen-bond donors (Lipinski definition) is 1. The molecule has 0 bridgehead atoms. The first kappa shape index (κ1) is 27.4. The molecular weight excluding hydrogens is 564 g/mol. The fourth-order valence-electron chi connectivity index (χ4n) is 3.65. The molecule has 1 aromatic heterocycles. The van der Waals surface area contributed by atoms with Crippen LogP contribution in [0.4, 0.5) is 10.1 Å². The van der Waals surface area contributed by atoms with Crippen molar-refractivity contribution in [2.45, 2.75) is 4.90 Å². The van der Waals surface area contributed by atoms with Gasteiger partial charge in [-0.3, -0.25) is 14.3 Å². The second-order valence-electron chi connectivity index (χ2n) is 8.07. The van der Waals surface area contributed by atoms with E-state index in [1.54, 1.807) is 17.0 Å².